The van der Waals surface area contributed by atoms with Crippen molar-refractivity contribution in [2.45, 2.75) is 65.7 Å². The monoisotopic (exact) mass is 747 g/mol. The Morgan fingerprint density at radius 3 is 1.80 bits per heavy atom. The Hall–Kier alpha value is -6.72. The molecule has 18 nitrogen and oxygen atoms in total. The van der Waals surface area contributed by atoms with Gasteiger partial charge in [0, 0.05) is 37.8 Å². The largest absolute Gasteiger partial charge is 0.489 e. The second-order valence-corrected chi connectivity index (χ2v) is 14.0. The molecule has 8 rings (SSSR count). The summed E-state index contributed by atoms with van der Waals surface area (Å²) in [6, 6.07) is 9.52. The normalized spacial score (nSPS) is 16.1. The minimum atomic E-state index is -0.625. The van der Waals surface area contributed by atoms with Crippen molar-refractivity contribution in [3.63, 3.8) is 0 Å². The second kappa shape index (κ2) is 13.3. The fourth-order valence-corrected chi connectivity index (χ4v) is 7.82. The first-order valence-electron chi connectivity index (χ1n) is 18.1. The number of aryl methyl sites for hydroxylation is 4. The van der Waals surface area contributed by atoms with Gasteiger partial charge in [-0.15, -0.1) is 0 Å². The fraction of sp³-hybridized carbons (Fsp3) is 0.351. The Balaban J connectivity index is 1.17. The predicted molar refractivity (Wildman–Crippen MR) is 204 cm³/mol. The van der Waals surface area contributed by atoms with Gasteiger partial charge in [-0.05, 0) is 76.9 Å². The van der Waals surface area contributed by atoms with Crippen LogP contribution in [0, 0.1) is 13.8 Å². The number of anilines is 3. The third-order valence-corrected chi connectivity index (χ3v) is 10.3. The number of likely N-dealkylation sites (N-methyl/N-ethyl adjacent to an activating group) is 1. The van der Waals surface area contributed by atoms with Gasteiger partial charge in [-0.2, -0.15) is 10.2 Å². The van der Waals surface area contributed by atoms with E-state index in [2.05, 4.69) is 25.7 Å². The minimum Gasteiger partial charge on any atom is -0.489 e. The van der Waals surface area contributed by atoms with Crippen molar-refractivity contribution in [1.29, 1.82) is 0 Å². The molecular formula is C37H41N13O5. The number of aromatic nitrogens is 8. The Morgan fingerprint density at radius 1 is 0.745 bits per heavy atom. The summed E-state index contributed by atoms with van der Waals surface area (Å²) < 4.78 is 13.5. The average Bonchev–Trinajstić information content (AvgIpc) is 3.92. The van der Waals surface area contributed by atoms with Gasteiger partial charge in [0.25, 0.3) is 11.8 Å². The number of nitrogens with zero attached hydrogens (tertiary/aromatic N) is 9. The van der Waals surface area contributed by atoms with E-state index in [1.165, 1.54) is 0 Å². The summed E-state index contributed by atoms with van der Waals surface area (Å²) in [6.07, 6.45) is 1.14. The van der Waals surface area contributed by atoms with Gasteiger partial charge in [-0.3, -0.25) is 39.2 Å². The molecule has 284 valence electrons. The number of ether oxygens (including phenoxy) is 1. The molecule has 2 atom stereocenters. The van der Waals surface area contributed by atoms with Gasteiger partial charge in [0.2, 0.25) is 23.7 Å². The average molecular weight is 748 g/mol. The minimum absolute atomic E-state index is 0.201. The number of hydrogen-bond donors (Lipinski definition) is 4. The number of carbonyl (C=O) groups is 4. The maximum absolute atomic E-state index is 13.7. The van der Waals surface area contributed by atoms with E-state index >= 15 is 0 Å². The molecule has 0 bridgehead atoms. The number of amides is 4. The van der Waals surface area contributed by atoms with Gasteiger partial charge in [-0.1, -0.05) is 0 Å². The third kappa shape index (κ3) is 5.98. The zero-order valence-corrected chi connectivity index (χ0v) is 31.1. The first-order chi connectivity index (χ1) is 26.3. The highest BCUT2D eigenvalue weighted by Crippen LogP contribution is 2.43. The molecule has 4 amide bonds. The van der Waals surface area contributed by atoms with E-state index in [0.717, 1.165) is 11.2 Å². The van der Waals surface area contributed by atoms with Crippen LogP contribution in [-0.4, -0.2) is 82.5 Å². The van der Waals surface area contributed by atoms with Crippen molar-refractivity contribution in [3.8, 4) is 5.75 Å². The van der Waals surface area contributed by atoms with Gasteiger partial charge in [0.1, 0.15) is 29.3 Å². The number of benzene rings is 2. The Kier molecular flexibility index (Phi) is 8.54. The Labute approximate surface area is 314 Å². The summed E-state index contributed by atoms with van der Waals surface area (Å²) >= 11 is 0. The lowest BCUT2D eigenvalue weighted by Gasteiger charge is -2.35. The van der Waals surface area contributed by atoms with Crippen LogP contribution in [0.15, 0.2) is 36.4 Å². The molecule has 0 radical (unpaired) electrons. The highest BCUT2D eigenvalue weighted by molar-refractivity contribution is 6.06. The number of hydrogen-bond acceptors (Lipinski definition) is 10. The highest BCUT2D eigenvalue weighted by Gasteiger charge is 2.34. The second-order valence-electron chi connectivity index (χ2n) is 14.0. The maximum atomic E-state index is 13.7. The van der Waals surface area contributed by atoms with Crippen LogP contribution >= 0.6 is 0 Å². The topological polar surface area (TPSA) is 228 Å². The fourth-order valence-electron chi connectivity index (χ4n) is 7.82. The molecule has 0 saturated carbocycles. The lowest BCUT2D eigenvalue weighted by molar-refractivity contribution is 0.0991. The van der Waals surface area contributed by atoms with Gasteiger partial charge >= 0.3 is 0 Å². The van der Waals surface area contributed by atoms with Crippen LogP contribution in [0.4, 0.5) is 17.6 Å². The molecule has 0 aliphatic carbocycles. The molecule has 6 N–H and O–H groups in total. The lowest BCUT2D eigenvalue weighted by Crippen LogP contribution is -2.34. The van der Waals surface area contributed by atoms with E-state index < -0.39 is 11.8 Å². The zero-order chi connectivity index (χ0) is 38.9. The summed E-state index contributed by atoms with van der Waals surface area (Å²) in [5, 5.41) is 14.9. The molecule has 0 unspecified atom stereocenters. The molecule has 0 spiro atoms. The van der Waals surface area contributed by atoms with E-state index in [0.29, 0.717) is 95.0 Å². The van der Waals surface area contributed by atoms with Gasteiger partial charge in [0.15, 0.2) is 0 Å². The zero-order valence-electron chi connectivity index (χ0n) is 31.1. The lowest BCUT2D eigenvalue weighted by atomic mass is 10.0. The summed E-state index contributed by atoms with van der Waals surface area (Å²) in [4.78, 5) is 63.6. The van der Waals surface area contributed by atoms with E-state index in [-0.39, 0.29) is 36.1 Å². The van der Waals surface area contributed by atoms with Crippen molar-refractivity contribution >= 4 is 63.3 Å². The van der Waals surface area contributed by atoms with Crippen LogP contribution in [0.5, 0.6) is 5.75 Å². The number of primary amides is 2. The quantitative estimate of drug-likeness (QED) is 0.151. The Bertz CT molecular complexity index is 2580. The van der Waals surface area contributed by atoms with E-state index in [4.69, 9.17) is 26.2 Å². The molecule has 6 aromatic rings. The smallest absolute Gasteiger partial charge is 0.276 e. The van der Waals surface area contributed by atoms with E-state index in [1.54, 1.807) is 45.8 Å². The van der Waals surface area contributed by atoms with Gasteiger partial charge in [0.05, 0.1) is 45.7 Å². The van der Waals surface area contributed by atoms with Gasteiger partial charge < -0.3 is 30.2 Å². The highest BCUT2D eigenvalue weighted by atomic mass is 16.5. The first-order valence-corrected chi connectivity index (χ1v) is 18.1. The molecule has 0 saturated heterocycles. The van der Waals surface area contributed by atoms with Crippen LogP contribution in [0.3, 0.4) is 0 Å². The molecule has 2 aromatic carbocycles. The van der Waals surface area contributed by atoms with Gasteiger partial charge in [-0.25, -0.2) is 9.97 Å². The standard InChI is InChI=1S/C37H41N13O5/c1-6-47-27(10-18(3)44-47)34(53)42-36-40-24-12-20(32(38)51)14-26-30(24)49(36)22(16-46(26)5)8-9-23-17-55-29-15-21(33(39)52)13-25-31(29)50(23)37(41-25)43-35(54)28-11-19(4)45-48(28)7-2/h10-15,22-23H,6-9,16-17H2,1-5H3,(H2,38,51)(H2,39,52)(H,40,42,53)(H,41,43,54)/t22-,23+/m0/s1. The summed E-state index contributed by atoms with van der Waals surface area (Å²) in [5.74, 6) is -0.893. The summed E-state index contributed by atoms with van der Waals surface area (Å²) in [5.41, 5.74) is 17.2. The molecule has 18 heteroatoms. The first kappa shape index (κ1) is 35.3. The number of carbonyl (C=O) groups excluding carboxylic acids is 4. The molecule has 0 fully saturated rings. The van der Waals surface area contributed by atoms with Crippen molar-refractivity contribution in [2.75, 3.05) is 35.7 Å². The van der Waals surface area contributed by atoms with E-state index in [9.17, 15) is 19.2 Å². The van der Waals surface area contributed by atoms with Crippen LogP contribution < -0.4 is 31.7 Å². The number of rotatable bonds is 11. The van der Waals surface area contributed by atoms with Crippen molar-refractivity contribution in [1.82, 2.24) is 38.7 Å². The van der Waals surface area contributed by atoms with Crippen molar-refractivity contribution in [2.24, 2.45) is 11.5 Å². The van der Waals surface area contributed by atoms with Crippen LogP contribution in [0.25, 0.3) is 22.1 Å². The number of nitrogens with two attached hydrogens (primary N) is 2. The van der Waals surface area contributed by atoms with Crippen molar-refractivity contribution in [3.05, 3.63) is 70.3 Å². The van der Waals surface area contributed by atoms with Crippen LogP contribution in [0.2, 0.25) is 0 Å². The van der Waals surface area contributed by atoms with E-state index in [1.807, 2.05) is 43.9 Å². The molecular weight excluding hydrogens is 706 g/mol. The molecule has 2 aliphatic rings. The maximum Gasteiger partial charge on any atom is 0.276 e. The number of nitrogens with one attached hydrogen (secondary N) is 2. The predicted octanol–water partition coefficient (Wildman–Crippen LogP) is 3.54. The molecule has 2 aliphatic heterocycles. The summed E-state index contributed by atoms with van der Waals surface area (Å²) in [7, 11) is 1.94. The third-order valence-electron chi connectivity index (χ3n) is 10.3. The van der Waals surface area contributed by atoms with Crippen LogP contribution in [-0.2, 0) is 13.1 Å². The van der Waals surface area contributed by atoms with Crippen LogP contribution in [0.1, 0.15) is 91.9 Å². The van der Waals surface area contributed by atoms with Crippen molar-refractivity contribution < 1.29 is 23.9 Å². The Morgan fingerprint density at radius 2 is 1.25 bits per heavy atom. The molecule has 4 aromatic heterocycles. The summed E-state index contributed by atoms with van der Waals surface area (Å²) in [6.45, 7) is 9.23. The SMILES string of the molecule is CCn1nc(C)cc1C(=O)Nc1nc2cc(C(N)=O)cc3c2n1[C@H](CC[C@H]1CN(C)c2cc(C(N)=O)cc4nc(NC(=O)c5cc(C)nn5CC)n1c24)CO3. The molecule has 55 heavy (non-hydrogen) atoms. The molecule has 6 heterocycles. The number of imidazole rings is 2.